The van der Waals surface area contributed by atoms with E-state index in [9.17, 15) is 9.36 Å². The summed E-state index contributed by atoms with van der Waals surface area (Å²) in [6, 6.07) is -0.637. The maximum atomic E-state index is 10.7. The number of rotatable bonds is 4. The third-order valence-electron chi connectivity index (χ3n) is 1.16. The number of nitrogens with two attached hydrogens (primary N) is 1. The highest BCUT2D eigenvalue weighted by Crippen LogP contribution is 2.34. The van der Waals surface area contributed by atoms with Crippen molar-refractivity contribution in [1.29, 1.82) is 0 Å². The number of ketones is 1. The fourth-order valence-electron chi connectivity index (χ4n) is 0.484. The van der Waals surface area contributed by atoms with Gasteiger partial charge in [-0.1, -0.05) is 0 Å². The van der Waals surface area contributed by atoms with Gasteiger partial charge in [-0.05, 0) is 6.92 Å². The first kappa shape index (κ1) is 10.8. The van der Waals surface area contributed by atoms with E-state index in [-0.39, 0.29) is 12.2 Å². The van der Waals surface area contributed by atoms with E-state index < -0.39 is 19.8 Å². The molecule has 11 heavy (non-hydrogen) atoms. The van der Waals surface area contributed by atoms with Gasteiger partial charge in [0.2, 0.25) is 0 Å². The van der Waals surface area contributed by atoms with E-state index in [4.69, 9.17) is 15.5 Å². The first-order valence-corrected chi connectivity index (χ1v) is 4.95. The molecular weight excluding hydrogens is 169 g/mol. The molecule has 4 N–H and O–H groups in total. The molecule has 0 aliphatic carbocycles. The number of carbonyl (C=O) groups excluding carboxylic acids is 1. The van der Waals surface area contributed by atoms with Crippen LogP contribution in [0.3, 0.4) is 0 Å². The van der Waals surface area contributed by atoms with Gasteiger partial charge in [-0.3, -0.25) is 9.36 Å². The molecule has 0 aromatic heterocycles. The Kier molecular flexibility index (Phi) is 3.89. The first-order chi connectivity index (χ1) is 4.83. The van der Waals surface area contributed by atoms with Gasteiger partial charge in [0.15, 0.2) is 0 Å². The second-order valence-electron chi connectivity index (χ2n) is 2.39. The Morgan fingerprint density at radius 3 is 2.36 bits per heavy atom. The summed E-state index contributed by atoms with van der Waals surface area (Å²) < 4.78 is 10.3. The second-order valence-corrected chi connectivity index (χ2v) is 4.17. The molecule has 0 aromatic rings. The lowest BCUT2D eigenvalue weighted by Crippen LogP contribution is -2.27. The monoisotopic (exact) mass is 181 g/mol. The SMILES string of the molecule is C[C@@H](N)C(=O)CCP(=O)(O)O. The molecule has 0 rings (SSSR count). The fourth-order valence-corrected chi connectivity index (χ4v) is 0.995. The van der Waals surface area contributed by atoms with Crippen LogP contribution >= 0.6 is 7.60 Å². The summed E-state index contributed by atoms with van der Waals surface area (Å²) in [6.45, 7) is 1.49. The highest BCUT2D eigenvalue weighted by Gasteiger charge is 2.16. The number of Topliss-reactive ketones (excluding diaryl/α,β-unsaturated/α-hetero) is 1. The van der Waals surface area contributed by atoms with E-state index in [2.05, 4.69) is 0 Å². The molecule has 66 valence electrons. The van der Waals surface area contributed by atoms with E-state index in [0.29, 0.717) is 0 Å². The summed E-state index contributed by atoms with van der Waals surface area (Å²) in [7, 11) is -4.04. The average Bonchev–Trinajstić information content (AvgIpc) is 1.80. The summed E-state index contributed by atoms with van der Waals surface area (Å²) >= 11 is 0. The lowest BCUT2D eigenvalue weighted by Gasteiger charge is -2.04. The van der Waals surface area contributed by atoms with E-state index in [1.807, 2.05) is 0 Å². The molecule has 0 fully saturated rings. The number of carbonyl (C=O) groups is 1. The molecule has 0 saturated carbocycles. The van der Waals surface area contributed by atoms with Crippen molar-refractivity contribution < 1.29 is 19.1 Å². The molecule has 5 nitrogen and oxygen atoms in total. The zero-order chi connectivity index (χ0) is 9.07. The van der Waals surface area contributed by atoms with Crippen molar-refractivity contribution in [2.75, 3.05) is 6.16 Å². The van der Waals surface area contributed by atoms with E-state index in [0.717, 1.165) is 0 Å². The lowest BCUT2D eigenvalue weighted by molar-refractivity contribution is -0.119. The van der Waals surface area contributed by atoms with Gasteiger partial charge in [0, 0.05) is 6.42 Å². The van der Waals surface area contributed by atoms with Crippen LogP contribution in [0, 0.1) is 0 Å². The van der Waals surface area contributed by atoms with Crippen LogP contribution in [0.4, 0.5) is 0 Å². The largest absolute Gasteiger partial charge is 0.326 e. The maximum Gasteiger partial charge on any atom is 0.326 e. The summed E-state index contributed by atoms with van der Waals surface area (Å²) in [5.41, 5.74) is 5.16. The predicted molar refractivity (Wildman–Crippen MR) is 40.2 cm³/mol. The van der Waals surface area contributed by atoms with Crippen molar-refractivity contribution in [2.45, 2.75) is 19.4 Å². The molecule has 0 radical (unpaired) electrons. The first-order valence-electron chi connectivity index (χ1n) is 3.16. The molecule has 1 atom stereocenters. The van der Waals surface area contributed by atoms with Gasteiger partial charge in [-0.2, -0.15) is 0 Å². The fraction of sp³-hybridized carbons (Fsp3) is 0.800. The topological polar surface area (TPSA) is 101 Å². The van der Waals surface area contributed by atoms with Crippen LogP contribution in [0.5, 0.6) is 0 Å². The highest BCUT2D eigenvalue weighted by atomic mass is 31.2. The Bertz CT molecular complexity index is 185. The minimum Gasteiger partial charge on any atom is -0.324 e. The van der Waals surface area contributed by atoms with Gasteiger partial charge in [-0.25, -0.2) is 0 Å². The Morgan fingerprint density at radius 1 is 1.64 bits per heavy atom. The molecule has 0 bridgehead atoms. The van der Waals surface area contributed by atoms with Gasteiger partial charge >= 0.3 is 7.60 Å². The second kappa shape index (κ2) is 3.97. The third kappa shape index (κ3) is 6.19. The van der Waals surface area contributed by atoms with E-state index >= 15 is 0 Å². The molecule has 0 amide bonds. The van der Waals surface area contributed by atoms with Crippen LogP contribution in [-0.2, 0) is 9.36 Å². The van der Waals surface area contributed by atoms with Gasteiger partial charge in [-0.15, -0.1) is 0 Å². The van der Waals surface area contributed by atoms with Crippen molar-refractivity contribution in [1.82, 2.24) is 0 Å². The quantitative estimate of drug-likeness (QED) is 0.506. The Balaban J connectivity index is 3.73. The van der Waals surface area contributed by atoms with Crippen LogP contribution in [0.2, 0.25) is 0 Å². The predicted octanol–water partition coefficient (Wildman–Crippen LogP) is -0.529. The van der Waals surface area contributed by atoms with Crippen molar-refractivity contribution in [3.8, 4) is 0 Å². The molecule has 0 aromatic carbocycles. The zero-order valence-electron chi connectivity index (χ0n) is 6.23. The van der Waals surface area contributed by atoms with Crippen molar-refractivity contribution in [2.24, 2.45) is 5.73 Å². The van der Waals surface area contributed by atoms with Gasteiger partial charge in [0.1, 0.15) is 5.78 Å². The van der Waals surface area contributed by atoms with Crippen LogP contribution < -0.4 is 5.73 Å². The van der Waals surface area contributed by atoms with E-state index in [1.165, 1.54) is 6.92 Å². The summed E-state index contributed by atoms with van der Waals surface area (Å²) in [6.07, 6.45) is -0.560. The lowest BCUT2D eigenvalue weighted by atomic mass is 10.2. The molecule has 0 heterocycles. The minimum atomic E-state index is -4.04. The Hall–Kier alpha value is -0.220. The third-order valence-corrected chi connectivity index (χ3v) is 1.96. The standard InChI is InChI=1S/C5H12NO4P/c1-4(6)5(7)2-3-11(8,9)10/h4H,2-3,6H2,1H3,(H2,8,9,10)/t4-/m1/s1. The minimum absolute atomic E-state index is 0.151. The number of hydrogen-bond acceptors (Lipinski definition) is 3. The molecule has 0 aliphatic rings. The molecule has 0 spiro atoms. The van der Waals surface area contributed by atoms with Crippen molar-refractivity contribution >= 4 is 13.4 Å². The maximum absolute atomic E-state index is 10.7. The normalized spacial score (nSPS) is 14.5. The number of hydrogen-bond donors (Lipinski definition) is 3. The highest BCUT2D eigenvalue weighted by molar-refractivity contribution is 7.51. The molecule has 6 heteroatoms. The summed E-state index contributed by atoms with van der Waals surface area (Å²) in [4.78, 5) is 27.5. The van der Waals surface area contributed by atoms with Crippen molar-refractivity contribution in [3.63, 3.8) is 0 Å². The van der Waals surface area contributed by atoms with Gasteiger partial charge < -0.3 is 15.5 Å². The molecule has 0 aliphatic heterocycles. The van der Waals surface area contributed by atoms with Crippen LogP contribution in [0.1, 0.15) is 13.3 Å². The molecular formula is C5H12NO4P. The average molecular weight is 181 g/mol. The van der Waals surface area contributed by atoms with Crippen LogP contribution in [0.15, 0.2) is 0 Å². The molecule has 0 saturated heterocycles. The summed E-state index contributed by atoms with van der Waals surface area (Å²) in [5, 5.41) is 0. The van der Waals surface area contributed by atoms with Crippen molar-refractivity contribution in [3.05, 3.63) is 0 Å². The van der Waals surface area contributed by atoms with Gasteiger partial charge in [0.25, 0.3) is 0 Å². The Morgan fingerprint density at radius 2 is 2.09 bits per heavy atom. The smallest absolute Gasteiger partial charge is 0.324 e. The van der Waals surface area contributed by atoms with E-state index in [1.54, 1.807) is 0 Å². The Labute approximate surface area is 64.8 Å². The van der Waals surface area contributed by atoms with Crippen LogP contribution in [0.25, 0.3) is 0 Å². The van der Waals surface area contributed by atoms with Crippen LogP contribution in [-0.4, -0.2) is 27.8 Å². The summed E-state index contributed by atoms with van der Waals surface area (Å²) in [5.74, 6) is -0.326. The molecule has 0 unspecified atom stereocenters. The van der Waals surface area contributed by atoms with Gasteiger partial charge in [0.05, 0.1) is 12.2 Å². The zero-order valence-corrected chi connectivity index (χ0v) is 7.12.